The molecule has 0 spiro atoms. The summed E-state index contributed by atoms with van der Waals surface area (Å²) in [4.78, 5) is 8.56. The van der Waals surface area contributed by atoms with Crippen LogP contribution in [0.25, 0.3) is 11.5 Å². The number of hydrogen-bond acceptors (Lipinski definition) is 3. The Bertz CT molecular complexity index is 799. The van der Waals surface area contributed by atoms with E-state index in [9.17, 15) is 13.2 Å². The molecule has 0 bridgehead atoms. The summed E-state index contributed by atoms with van der Waals surface area (Å²) >= 11 is 0. The first-order valence-electron chi connectivity index (χ1n) is 9.40. The zero-order valence-corrected chi connectivity index (χ0v) is 16.0. The molecule has 0 saturated heterocycles. The third kappa shape index (κ3) is 5.27. The highest BCUT2D eigenvalue weighted by Crippen LogP contribution is 2.37. The van der Waals surface area contributed by atoms with Gasteiger partial charge in [-0.15, -0.1) is 0 Å². The van der Waals surface area contributed by atoms with Gasteiger partial charge >= 0.3 is 6.18 Å². The highest BCUT2D eigenvalue weighted by atomic mass is 19.4. The second-order valence-electron chi connectivity index (χ2n) is 7.18. The van der Waals surface area contributed by atoms with E-state index in [1.54, 1.807) is 13.3 Å². The fraction of sp³-hybridized carbons (Fsp3) is 0.500. The highest BCUT2D eigenvalue weighted by Gasteiger charge is 2.42. The third-order valence-electron chi connectivity index (χ3n) is 4.99. The summed E-state index contributed by atoms with van der Waals surface area (Å²) in [6.45, 7) is 2.38. The molecule has 0 radical (unpaired) electrons. The molecular weight excluding hydrogens is 369 g/mol. The van der Waals surface area contributed by atoms with Gasteiger partial charge in [-0.05, 0) is 38.3 Å². The van der Waals surface area contributed by atoms with Gasteiger partial charge in [-0.2, -0.15) is 13.2 Å². The number of rotatable bonds is 4. The van der Waals surface area contributed by atoms with Crippen LogP contribution < -0.4 is 10.6 Å². The van der Waals surface area contributed by atoms with E-state index in [2.05, 4.69) is 20.6 Å². The Kier molecular flexibility index (Phi) is 6.26. The molecule has 2 unspecified atom stereocenters. The Balaban J connectivity index is 1.54. The van der Waals surface area contributed by atoms with Gasteiger partial charge in [0.05, 0.1) is 18.2 Å². The van der Waals surface area contributed by atoms with Gasteiger partial charge in [0.25, 0.3) is 0 Å². The van der Waals surface area contributed by atoms with Gasteiger partial charge in [0.15, 0.2) is 5.96 Å². The molecule has 3 rings (SSSR count). The maximum Gasteiger partial charge on any atom is 0.391 e. The molecule has 152 valence electrons. The number of alkyl halides is 3. The Morgan fingerprint density at radius 3 is 2.68 bits per heavy atom. The van der Waals surface area contributed by atoms with Crippen LogP contribution >= 0.6 is 0 Å². The molecule has 1 aliphatic rings. The number of oxazole rings is 1. The quantitative estimate of drug-likeness (QED) is 0.595. The zero-order chi connectivity index (χ0) is 20.1. The number of hydrogen-bond donors (Lipinski definition) is 2. The zero-order valence-electron chi connectivity index (χ0n) is 16.0. The van der Waals surface area contributed by atoms with Gasteiger partial charge in [0, 0.05) is 18.7 Å². The van der Waals surface area contributed by atoms with E-state index in [0.717, 1.165) is 11.1 Å². The lowest BCUT2D eigenvalue weighted by atomic mass is 9.85. The minimum absolute atomic E-state index is 0.0751. The van der Waals surface area contributed by atoms with Crippen molar-refractivity contribution in [2.75, 3.05) is 7.05 Å². The summed E-state index contributed by atoms with van der Waals surface area (Å²) in [5.41, 5.74) is 2.73. The van der Waals surface area contributed by atoms with Crippen LogP contribution in [0.15, 0.2) is 39.9 Å². The van der Waals surface area contributed by atoms with Crippen molar-refractivity contribution in [3.63, 3.8) is 0 Å². The average molecular weight is 394 g/mol. The minimum Gasteiger partial charge on any atom is -0.444 e. The number of guanidine groups is 1. The van der Waals surface area contributed by atoms with Crippen LogP contribution in [0.5, 0.6) is 0 Å². The SMILES string of the molecule is CN=C(NCc1coc(-c2ccc(C)cc2)n1)NC1CCCC(C(F)(F)F)C1. The molecule has 0 aliphatic heterocycles. The molecule has 28 heavy (non-hydrogen) atoms. The maximum absolute atomic E-state index is 13.0. The standard InChI is InChI=1S/C20H25F3N4O/c1-13-6-8-14(9-7-13)18-26-17(12-28-18)11-25-19(24-2)27-16-5-3-4-15(10-16)20(21,22)23/h6-9,12,15-16H,3-5,10-11H2,1-2H3,(H2,24,25,27). The fourth-order valence-corrected chi connectivity index (χ4v) is 3.40. The van der Waals surface area contributed by atoms with Crippen molar-refractivity contribution in [1.29, 1.82) is 0 Å². The predicted octanol–water partition coefficient (Wildman–Crippen LogP) is 4.44. The van der Waals surface area contributed by atoms with Crippen molar-refractivity contribution in [2.45, 2.75) is 51.4 Å². The summed E-state index contributed by atoms with van der Waals surface area (Å²) in [6, 6.07) is 7.62. The van der Waals surface area contributed by atoms with E-state index >= 15 is 0 Å². The molecule has 1 aliphatic carbocycles. The summed E-state index contributed by atoms with van der Waals surface area (Å²) in [5.74, 6) is -0.253. The van der Waals surface area contributed by atoms with Gasteiger partial charge in [0.2, 0.25) is 5.89 Å². The number of aromatic nitrogens is 1. The molecule has 1 saturated carbocycles. The average Bonchev–Trinajstić information content (AvgIpc) is 3.14. The van der Waals surface area contributed by atoms with Gasteiger partial charge in [-0.3, -0.25) is 4.99 Å². The lowest BCUT2D eigenvalue weighted by molar-refractivity contribution is -0.183. The number of nitrogens with zero attached hydrogens (tertiary/aromatic N) is 2. The van der Waals surface area contributed by atoms with Crippen LogP contribution in [0.3, 0.4) is 0 Å². The Labute approximate surface area is 162 Å². The van der Waals surface area contributed by atoms with Crippen molar-refractivity contribution >= 4 is 5.96 Å². The molecule has 2 N–H and O–H groups in total. The molecular formula is C20H25F3N4O. The molecule has 1 fully saturated rings. The van der Waals surface area contributed by atoms with Crippen molar-refractivity contribution in [1.82, 2.24) is 15.6 Å². The summed E-state index contributed by atoms with van der Waals surface area (Å²) < 4.78 is 44.4. The molecule has 8 heteroatoms. The van der Waals surface area contributed by atoms with Gasteiger partial charge in [-0.25, -0.2) is 4.98 Å². The van der Waals surface area contributed by atoms with E-state index in [0.29, 0.717) is 36.9 Å². The first-order chi connectivity index (χ1) is 13.3. The Morgan fingerprint density at radius 1 is 1.25 bits per heavy atom. The van der Waals surface area contributed by atoms with Gasteiger partial charge in [-0.1, -0.05) is 24.1 Å². The number of nitrogens with one attached hydrogen (secondary N) is 2. The summed E-state index contributed by atoms with van der Waals surface area (Å²) in [5, 5.41) is 6.20. The van der Waals surface area contributed by atoms with Crippen molar-refractivity contribution in [3.8, 4) is 11.5 Å². The Hall–Kier alpha value is -2.51. The van der Waals surface area contributed by atoms with Crippen LogP contribution in [-0.4, -0.2) is 30.2 Å². The van der Waals surface area contributed by atoms with Crippen molar-refractivity contribution in [3.05, 3.63) is 41.8 Å². The molecule has 0 amide bonds. The van der Waals surface area contributed by atoms with Crippen molar-refractivity contribution in [2.24, 2.45) is 10.9 Å². The molecule has 1 heterocycles. The van der Waals surface area contributed by atoms with Crippen LogP contribution in [0.2, 0.25) is 0 Å². The van der Waals surface area contributed by atoms with Crippen LogP contribution in [0.1, 0.15) is 36.9 Å². The summed E-state index contributed by atoms with van der Waals surface area (Å²) in [6.07, 6.45) is -1.03. The lowest BCUT2D eigenvalue weighted by Crippen LogP contribution is -2.46. The highest BCUT2D eigenvalue weighted by molar-refractivity contribution is 5.79. The van der Waals surface area contributed by atoms with Crippen LogP contribution in [0.4, 0.5) is 13.2 Å². The molecule has 2 aromatic rings. The lowest BCUT2D eigenvalue weighted by Gasteiger charge is -2.31. The first kappa shape index (κ1) is 20.2. The number of benzene rings is 1. The number of halogens is 3. The van der Waals surface area contributed by atoms with Crippen LogP contribution in [-0.2, 0) is 6.54 Å². The van der Waals surface area contributed by atoms with Crippen molar-refractivity contribution < 1.29 is 17.6 Å². The van der Waals surface area contributed by atoms with E-state index in [-0.39, 0.29) is 18.9 Å². The third-order valence-corrected chi connectivity index (χ3v) is 4.99. The Morgan fingerprint density at radius 2 is 2.00 bits per heavy atom. The second-order valence-corrected chi connectivity index (χ2v) is 7.18. The van der Waals surface area contributed by atoms with E-state index in [4.69, 9.17) is 4.42 Å². The molecule has 5 nitrogen and oxygen atoms in total. The first-order valence-corrected chi connectivity index (χ1v) is 9.40. The molecule has 2 atom stereocenters. The smallest absolute Gasteiger partial charge is 0.391 e. The van der Waals surface area contributed by atoms with Gasteiger partial charge < -0.3 is 15.1 Å². The van der Waals surface area contributed by atoms with Crippen LogP contribution in [0, 0.1) is 12.8 Å². The predicted molar refractivity (Wildman–Crippen MR) is 102 cm³/mol. The van der Waals surface area contributed by atoms with E-state index in [1.165, 1.54) is 0 Å². The topological polar surface area (TPSA) is 62.5 Å². The normalized spacial score (nSPS) is 20.8. The molecule has 1 aromatic carbocycles. The van der Waals surface area contributed by atoms with E-state index in [1.807, 2.05) is 31.2 Å². The van der Waals surface area contributed by atoms with E-state index < -0.39 is 12.1 Å². The van der Waals surface area contributed by atoms with Gasteiger partial charge in [0.1, 0.15) is 6.26 Å². The second kappa shape index (κ2) is 8.67. The molecule has 1 aromatic heterocycles. The number of aliphatic imine (C=N–C) groups is 1. The largest absolute Gasteiger partial charge is 0.444 e. The monoisotopic (exact) mass is 394 g/mol. The summed E-state index contributed by atoms with van der Waals surface area (Å²) in [7, 11) is 1.60. The maximum atomic E-state index is 13.0. The minimum atomic E-state index is -4.13. The number of aryl methyl sites for hydroxylation is 1. The fourth-order valence-electron chi connectivity index (χ4n) is 3.40.